The predicted molar refractivity (Wildman–Crippen MR) is 99.7 cm³/mol. The molecule has 0 atom stereocenters. The number of aryl methyl sites for hydroxylation is 2. The van der Waals surface area contributed by atoms with E-state index in [9.17, 15) is 9.59 Å². The highest BCUT2D eigenvalue weighted by Crippen LogP contribution is 2.35. The average molecular weight is 357 g/mol. The molecule has 3 rings (SSSR count). The second kappa shape index (κ2) is 7.16. The van der Waals surface area contributed by atoms with Crippen LogP contribution in [0.2, 0.25) is 0 Å². The number of hydrogen-bond donors (Lipinski definition) is 3. The molecule has 0 spiro atoms. The SMILES string of the molecule is CNC(=O)C[NH2+]Cc1nc2sc(C)c(-c3ccc(C)cc3)c2c(=O)[nH]1. The Bertz CT molecular complexity index is 973. The number of nitrogens with one attached hydrogen (secondary N) is 2. The van der Waals surface area contributed by atoms with Crippen LogP contribution in [0.1, 0.15) is 16.3 Å². The van der Waals surface area contributed by atoms with Crippen molar-refractivity contribution in [2.75, 3.05) is 13.6 Å². The van der Waals surface area contributed by atoms with Gasteiger partial charge in [-0.15, -0.1) is 11.3 Å². The molecule has 1 amide bonds. The zero-order valence-corrected chi connectivity index (χ0v) is 15.3. The number of hydrogen-bond acceptors (Lipinski definition) is 4. The Morgan fingerprint density at radius 2 is 2.00 bits per heavy atom. The molecule has 0 aliphatic heterocycles. The van der Waals surface area contributed by atoms with Crippen LogP contribution in [0.5, 0.6) is 0 Å². The number of nitrogens with two attached hydrogens (primary N) is 1. The minimum absolute atomic E-state index is 0.0583. The van der Waals surface area contributed by atoms with Gasteiger partial charge in [-0.1, -0.05) is 29.8 Å². The van der Waals surface area contributed by atoms with Crippen molar-refractivity contribution < 1.29 is 10.1 Å². The summed E-state index contributed by atoms with van der Waals surface area (Å²) in [6, 6.07) is 8.16. The van der Waals surface area contributed by atoms with Crippen LogP contribution >= 0.6 is 11.3 Å². The van der Waals surface area contributed by atoms with Crippen LogP contribution in [-0.2, 0) is 11.3 Å². The number of rotatable bonds is 5. The van der Waals surface area contributed by atoms with Gasteiger partial charge in [0.2, 0.25) is 0 Å². The highest BCUT2D eigenvalue weighted by atomic mass is 32.1. The summed E-state index contributed by atoms with van der Waals surface area (Å²) in [6.07, 6.45) is 0. The number of carbonyl (C=O) groups is 1. The van der Waals surface area contributed by atoms with Crippen LogP contribution in [0.4, 0.5) is 0 Å². The van der Waals surface area contributed by atoms with Crippen LogP contribution in [0.15, 0.2) is 29.1 Å². The predicted octanol–water partition coefficient (Wildman–Crippen LogP) is 1.08. The van der Waals surface area contributed by atoms with Gasteiger partial charge in [0.05, 0.1) is 5.39 Å². The molecular formula is C18H21N4O2S+. The minimum Gasteiger partial charge on any atom is -0.354 e. The molecule has 7 heteroatoms. The van der Waals surface area contributed by atoms with Gasteiger partial charge in [0, 0.05) is 17.5 Å². The third-order valence-corrected chi connectivity index (χ3v) is 5.07. The Morgan fingerprint density at radius 1 is 1.28 bits per heavy atom. The lowest BCUT2D eigenvalue weighted by molar-refractivity contribution is -0.661. The fourth-order valence-electron chi connectivity index (χ4n) is 2.77. The van der Waals surface area contributed by atoms with Crippen molar-refractivity contribution >= 4 is 27.5 Å². The Labute approximate surface area is 149 Å². The largest absolute Gasteiger partial charge is 0.354 e. The number of H-pyrrole nitrogens is 1. The van der Waals surface area contributed by atoms with Crippen molar-refractivity contribution in [2.45, 2.75) is 20.4 Å². The van der Waals surface area contributed by atoms with Gasteiger partial charge in [-0.05, 0) is 19.4 Å². The summed E-state index contributed by atoms with van der Waals surface area (Å²) in [5.74, 6) is 0.523. The van der Waals surface area contributed by atoms with Gasteiger partial charge in [0.25, 0.3) is 11.5 Å². The van der Waals surface area contributed by atoms with Crippen LogP contribution < -0.4 is 16.2 Å². The van der Waals surface area contributed by atoms with E-state index in [1.807, 2.05) is 43.4 Å². The molecule has 0 radical (unpaired) electrons. The van der Waals surface area contributed by atoms with Gasteiger partial charge in [-0.3, -0.25) is 9.59 Å². The van der Waals surface area contributed by atoms with Crippen molar-refractivity contribution in [3.8, 4) is 11.1 Å². The molecule has 3 aromatic rings. The molecular weight excluding hydrogens is 336 g/mol. The van der Waals surface area contributed by atoms with E-state index >= 15 is 0 Å². The van der Waals surface area contributed by atoms with Crippen LogP contribution in [0.25, 0.3) is 21.3 Å². The zero-order chi connectivity index (χ0) is 18.0. The van der Waals surface area contributed by atoms with E-state index < -0.39 is 0 Å². The van der Waals surface area contributed by atoms with E-state index in [1.165, 1.54) is 16.9 Å². The lowest BCUT2D eigenvalue weighted by Crippen LogP contribution is -2.85. The average Bonchev–Trinajstić information content (AvgIpc) is 2.92. The number of amides is 1. The summed E-state index contributed by atoms with van der Waals surface area (Å²) in [5, 5.41) is 5.01. The van der Waals surface area contributed by atoms with Crippen molar-refractivity contribution in [1.82, 2.24) is 15.3 Å². The number of aromatic amines is 1. The summed E-state index contributed by atoms with van der Waals surface area (Å²) in [7, 11) is 1.60. The number of aromatic nitrogens is 2. The van der Waals surface area contributed by atoms with E-state index in [2.05, 4.69) is 15.3 Å². The summed E-state index contributed by atoms with van der Waals surface area (Å²) >= 11 is 1.53. The molecule has 0 bridgehead atoms. The van der Waals surface area contributed by atoms with Crippen LogP contribution in [0, 0.1) is 13.8 Å². The highest BCUT2D eigenvalue weighted by Gasteiger charge is 2.17. The Balaban J connectivity index is 1.97. The third kappa shape index (κ3) is 3.62. The molecule has 0 unspecified atom stereocenters. The number of nitrogens with zero attached hydrogens (tertiary/aromatic N) is 1. The smallest absolute Gasteiger partial charge is 0.274 e. The second-order valence-corrected chi connectivity index (χ2v) is 7.17. The van der Waals surface area contributed by atoms with Crippen molar-refractivity contribution in [3.05, 3.63) is 50.9 Å². The lowest BCUT2D eigenvalue weighted by Gasteiger charge is -2.03. The molecule has 2 aromatic heterocycles. The third-order valence-electron chi connectivity index (χ3n) is 4.07. The van der Waals surface area contributed by atoms with Gasteiger partial charge in [-0.25, -0.2) is 4.98 Å². The molecule has 0 fully saturated rings. The summed E-state index contributed by atoms with van der Waals surface area (Å²) in [6.45, 7) is 4.81. The summed E-state index contributed by atoms with van der Waals surface area (Å²) in [5.41, 5.74) is 3.03. The number of fused-ring (bicyclic) bond motifs is 1. The van der Waals surface area contributed by atoms with Crippen LogP contribution in [0.3, 0.4) is 0 Å². The van der Waals surface area contributed by atoms with Crippen molar-refractivity contribution in [3.63, 3.8) is 0 Å². The van der Waals surface area contributed by atoms with Crippen LogP contribution in [-0.4, -0.2) is 29.5 Å². The first-order valence-electron chi connectivity index (χ1n) is 8.11. The highest BCUT2D eigenvalue weighted by molar-refractivity contribution is 7.19. The van der Waals surface area contributed by atoms with E-state index in [1.54, 1.807) is 7.05 Å². The topological polar surface area (TPSA) is 91.5 Å². The van der Waals surface area contributed by atoms with Crippen molar-refractivity contribution in [2.24, 2.45) is 0 Å². The maximum atomic E-state index is 12.6. The van der Waals surface area contributed by atoms with Crippen molar-refractivity contribution in [1.29, 1.82) is 0 Å². The number of thiophene rings is 1. The molecule has 0 aliphatic rings. The first-order valence-corrected chi connectivity index (χ1v) is 8.93. The molecule has 25 heavy (non-hydrogen) atoms. The molecule has 0 saturated carbocycles. The first-order chi connectivity index (χ1) is 12.0. The lowest BCUT2D eigenvalue weighted by atomic mass is 10.0. The normalized spacial score (nSPS) is 11.0. The molecule has 1 aromatic carbocycles. The quantitative estimate of drug-likeness (QED) is 0.638. The number of benzene rings is 1. The van der Waals surface area contributed by atoms with Gasteiger partial charge >= 0.3 is 0 Å². The maximum absolute atomic E-state index is 12.6. The standard InChI is InChI=1S/C18H20N4O2S/c1-10-4-6-12(7-5-10)15-11(2)25-18-16(15)17(24)21-13(22-18)8-20-9-14(23)19-3/h4-7,20H,8-9H2,1-3H3,(H,19,23)(H,21,22,24)/p+1. The maximum Gasteiger partial charge on any atom is 0.274 e. The Hall–Kier alpha value is -2.51. The van der Waals surface area contributed by atoms with Gasteiger partial charge in [0.15, 0.2) is 12.4 Å². The summed E-state index contributed by atoms with van der Waals surface area (Å²) < 4.78 is 0. The van der Waals surface area contributed by atoms with E-state index in [0.29, 0.717) is 24.3 Å². The van der Waals surface area contributed by atoms with E-state index in [-0.39, 0.29) is 11.5 Å². The Morgan fingerprint density at radius 3 is 2.68 bits per heavy atom. The van der Waals surface area contributed by atoms with E-state index in [0.717, 1.165) is 20.8 Å². The first kappa shape index (κ1) is 17.3. The van der Waals surface area contributed by atoms with Gasteiger partial charge in [0.1, 0.15) is 11.4 Å². The monoisotopic (exact) mass is 357 g/mol. The molecule has 0 aliphatic carbocycles. The minimum atomic E-state index is -0.131. The molecule has 6 nitrogen and oxygen atoms in total. The van der Waals surface area contributed by atoms with Gasteiger partial charge in [-0.2, -0.15) is 0 Å². The molecule has 4 N–H and O–H groups in total. The number of likely N-dealkylation sites (N-methyl/N-ethyl adjacent to an activating group) is 1. The molecule has 2 heterocycles. The zero-order valence-electron chi connectivity index (χ0n) is 14.5. The fraction of sp³-hybridized carbons (Fsp3) is 0.278. The molecule has 0 saturated heterocycles. The van der Waals surface area contributed by atoms with E-state index in [4.69, 9.17) is 0 Å². The van der Waals surface area contributed by atoms with Gasteiger partial charge < -0.3 is 15.6 Å². The fourth-order valence-corrected chi connectivity index (χ4v) is 3.83. The number of carbonyl (C=O) groups excluding carboxylic acids is 1. The Kier molecular flexibility index (Phi) is 4.96. The molecule has 130 valence electrons. The summed E-state index contributed by atoms with van der Waals surface area (Å²) in [4.78, 5) is 33.2. The second-order valence-electron chi connectivity index (χ2n) is 5.96. The number of quaternary nitrogens is 1.